The van der Waals surface area contributed by atoms with Gasteiger partial charge in [-0.25, -0.2) is 0 Å². The molecule has 0 rings (SSSR count). The average molecular weight is 355 g/mol. The molecule has 0 amide bonds. The third-order valence-electron chi connectivity index (χ3n) is 2.09. The molecule has 0 aliphatic heterocycles. The molecular weight excluding hydrogens is 324 g/mol. The Hall–Kier alpha value is 0.746. The molecule has 0 saturated heterocycles. The van der Waals surface area contributed by atoms with E-state index in [2.05, 4.69) is 59.1 Å². The zero-order valence-electron chi connectivity index (χ0n) is 12.3. The summed E-state index contributed by atoms with van der Waals surface area (Å²) in [7, 11) is -0.957. The molecule has 16 heavy (non-hydrogen) atoms. The Morgan fingerprint density at radius 3 is 1.69 bits per heavy atom. The van der Waals surface area contributed by atoms with Crippen LogP contribution in [-0.4, -0.2) is 27.6 Å². The Labute approximate surface area is 112 Å². The van der Waals surface area contributed by atoms with Crippen LogP contribution in [0, 0.1) is 11.8 Å². The van der Waals surface area contributed by atoms with Crippen LogP contribution in [0.4, 0.5) is 0 Å². The van der Waals surface area contributed by atoms with E-state index in [1.54, 1.807) is 8.94 Å². The Balaban J connectivity index is 4.16. The van der Waals surface area contributed by atoms with Crippen LogP contribution in [0.25, 0.3) is 0 Å². The van der Waals surface area contributed by atoms with Gasteiger partial charge in [0, 0.05) is 0 Å². The van der Waals surface area contributed by atoms with Gasteiger partial charge < -0.3 is 0 Å². The molecule has 0 nitrogen and oxygen atoms in total. The second-order valence-corrected chi connectivity index (χ2v) is 18.1. The summed E-state index contributed by atoms with van der Waals surface area (Å²) in [5.74, 6) is 1.83. The predicted octanol–water partition coefficient (Wildman–Crippen LogP) is 5.23. The summed E-state index contributed by atoms with van der Waals surface area (Å²) in [6, 6.07) is 0. The van der Waals surface area contributed by atoms with Gasteiger partial charge in [-0.3, -0.25) is 0 Å². The molecule has 2 heteroatoms. The molecular formula is C14H31SiTe+. The molecule has 96 valence electrons. The Bertz CT molecular complexity index is 191. The van der Waals surface area contributed by atoms with E-state index in [-0.39, 0.29) is 0 Å². The van der Waals surface area contributed by atoms with Crippen LogP contribution < -0.4 is 0 Å². The van der Waals surface area contributed by atoms with E-state index < -0.39 is 27.6 Å². The minimum absolute atomic E-state index is 0.817. The molecule has 0 aromatic carbocycles. The zero-order valence-corrected chi connectivity index (χ0v) is 15.7. The molecule has 0 aliphatic carbocycles. The van der Waals surface area contributed by atoms with Gasteiger partial charge in [0.15, 0.2) is 0 Å². The van der Waals surface area contributed by atoms with Crippen LogP contribution >= 0.6 is 0 Å². The summed E-state index contributed by atoms with van der Waals surface area (Å²) in [4.78, 5) is 0. The van der Waals surface area contributed by atoms with Crippen LogP contribution in [0.1, 0.15) is 27.7 Å². The monoisotopic (exact) mass is 357 g/mol. The van der Waals surface area contributed by atoms with Crippen molar-refractivity contribution in [1.29, 1.82) is 0 Å². The van der Waals surface area contributed by atoms with Crippen LogP contribution in [0.5, 0.6) is 0 Å². The number of allylic oxidation sites excluding steroid dienone is 1. The number of hydrogen-bond acceptors (Lipinski definition) is 0. The molecule has 0 fully saturated rings. The third kappa shape index (κ3) is 11.2. The van der Waals surface area contributed by atoms with E-state index >= 15 is 0 Å². The summed E-state index contributed by atoms with van der Waals surface area (Å²) in [6.07, 6.45) is 2.54. The topological polar surface area (TPSA) is 0 Å². The maximum absolute atomic E-state index is 2.54. The summed E-state index contributed by atoms with van der Waals surface area (Å²) in [6.45, 7) is 16.8. The molecule has 0 aliphatic rings. The molecule has 0 radical (unpaired) electrons. The van der Waals surface area contributed by atoms with Crippen molar-refractivity contribution >= 4 is 27.6 Å². The normalized spacial score (nSPS) is 13.6. The fraction of sp³-hybridized carbons (Fsp3) is 0.857. The van der Waals surface area contributed by atoms with Crippen molar-refractivity contribution in [3.8, 4) is 0 Å². The Morgan fingerprint density at radius 2 is 1.38 bits per heavy atom. The molecule has 0 N–H and O–H groups in total. The molecule has 0 unspecified atom stereocenters. The molecule has 0 spiro atoms. The van der Waals surface area contributed by atoms with Gasteiger partial charge >= 0.3 is 112 Å². The number of rotatable bonds is 7. The number of hydrogen-bond donors (Lipinski definition) is 0. The van der Waals surface area contributed by atoms with Crippen molar-refractivity contribution < 1.29 is 0 Å². The molecule has 0 atom stereocenters. The van der Waals surface area contributed by atoms with Crippen molar-refractivity contribution in [2.24, 2.45) is 11.8 Å². The van der Waals surface area contributed by atoms with Crippen LogP contribution in [-0.2, 0) is 0 Å². The Morgan fingerprint density at radius 1 is 0.938 bits per heavy atom. The van der Waals surface area contributed by atoms with Crippen LogP contribution in [0.3, 0.4) is 0 Å². The summed E-state index contributed by atoms with van der Waals surface area (Å²) in [5.41, 5.74) is 2.54. The van der Waals surface area contributed by atoms with Crippen LogP contribution in [0.2, 0.25) is 33.0 Å². The summed E-state index contributed by atoms with van der Waals surface area (Å²) >= 11 is -0.817. The van der Waals surface area contributed by atoms with Gasteiger partial charge in [0.1, 0.15) is 0 Å². The summed E-state index contributed by atoms with van der Waals surface area (Å²) in [5, 5.41) is 0. The predicted molar refractivity (Wildman–Crippen MR) is 82.3 cm³/mol. The van der Waals surface area contributed by atoms with Crippen LogP contribution in [0.15, 0.2) is 11.8 Å². The third-order valence-corrected chi connectivity index (χ3v) is 11.7. The Kier molecular flexibility index (Phi) is 8.33. The van der Waals surface area contributed by atoms with E-state index in [9.17, 15) is 0 Å². The zero-order chi connectivity index (χ0) is 12.8. The average Bonchev–Trinajstić information content (AvgIpc) is 1.98. The fourth-order valence-electron chi connectivity index (χ4n) is 1.68. The summed E-state index contributed by atoms with van der Waals surface area (Å²) < 4.78 is 4.57. The fourth-order valence-corrected chi connectivity index (χ4v) is 10.6. The van der Waals surface area contributed by atoms with Crippen molar-refractivity contribution in [3.63, 3.8) is 0 Å². The van der Waals surface area contributed by atoms with Gasteiger partial charge in [0.25, 0.3) is 0 Å². The molecule has 0 bridgehead atoms. The van der Waals surface area contributed by atoms with E-state index in [1.165, 1.54) is 4.47 Å². The SMILES string of the molecule is CC(C)C[Te+](C/C=C/[Si](C)(C)C)CC(C)C. The van der Waals surface area contributed by atoms with E-state index in [0.717, 1.165) is 11.8 Å². The van der Waals surface area contributed by atoms with Gasteiger partial charge in [0.05, 0.1) is 0 Å². The van der Waals surface area contributed by atoms with Crippen molar-refractivity contribution in [2.45, 2.75) is 60.7 Å². The first kappa shape index (κ1) is 16.7. The molecule has 0 heterocycles. The molecule has 0 saturated carbocycles. The van der Waals surface area contributed by atoms with Gasteiger partial charge in [-0.05, 0) is 0 Å². The first-order chi connectivity index (χ1) is 7.20. The van der Waals surface area contributed by atoms with E-state index in [0.29, 0.717) is 0 Å². The first-order valence-electron chi connectivity index (χ1n) is 6.52. The van der Waals surface area contributed by atoms with E-state index in [1.807, 2.05) is 0 Å². The van der Waals surface area contributed by atoms with E-state index in [4.69, 9.17) is 0 Å². The van der Waals surface area contributed by atoms with Crippen molar-refractivity contribution in [1.82, 2.24) is 0 Å². The maximum atomic E-state index is 2.54. The van der Waals surface area contributed by atoms with Gasteiger partial charge in [-0.1, -0.05) is 0 Å². The minimum atomic E-state index is -0.957. The molecule has 0 aromatic heterocycles. The molecule has 0 aromatic rings. The van der Waals surface area contributed by atoms with Crippen molar-refractivity contribution in [3.05, 3.63) is 11.8 Å². The second kappa shape index (κ2) is 7.96. The van der Waals surface area contributed by atoms with Gasteiger partial charge in [0.2, 0.25) is 0 Å². The van der Waals surface area contributed by atoms with Crippen molar-refractivity contribution in [2.75, 3.05) is 0 Å². The van der Waals surface area contributed by atoms with Gasteiger partial charge in [-0.2, -0.15) is 0 Å². The van der Waals surface area contributed by atoms with Gasteiger partial charge in [-0.15, -0.1) is 0 Å². The quantitative estimate of drug-likeness (QED) is 0.549. The standard InChI is InChI=1S/C14H31SiTe/c1-13(2)11-16(12-14(3)4)10-8-9-15(5,6)7/h8-9,13-14H,10-12H2,1-7H3/q+1/b9-8+. The first-order valence-corrected chi connectivity index (χ1v) is 15.0. The second-order valence-electron chi connectivity index (χ2n) is 6.67.